The fraction of sp³-hybridized carbons (Fsp3) is 0.0769. The number of aromatic nitrogens is 3. The zero-order valence-electron chi connectivity index (χ0n) is 9.84. The number of benzene rings is 1. The van der Waals surface area contributed by atoms with Gasteiger partial charge in [-0.25, -0.2) is 9.97 Å². The molecule has 0 bridgehead atoms. The van der Waals surface area contributed by atoms with E-state index in [0.717, 1.165) is 22.3 Å². The maximum absolute atomic E-state index is 5.90. The Balaban J connectivity index is 2.11. The van der Waals surface area contributed by atoms with Gasteiger partial charge in [0, 0.05) is 11.3 Å². The highest BCUT2D eigenvalue weighted by atomic mass is 16.5. The van der Waals surface area contributed by atoms with Crippen LogP contribution in [0.3, 0.4) is 0 Å². The lowest BCUT2D eigenvalue weighted by Crippen LogP contribution is -1.92. The maximum atomic E-state index is 5.90. The molecule has 90 valence electrons. The summed E-state index contributed by atoms with van der Waals surface area (Å²) in [7, 11) is 1.60. The number of nitrogens with two attached hydrogens (primary N) is 1. The molecule has 0 radical (unpaired) electrons. The topological polar surface area (TPSA) is 76.8 Å². The zero-order valence-corrected chi connectivity index (χ0v) is 9.84. The number of methoxy groups -OCH3 is 1. The summed E-state index contributed by atoms with van der Waals surface area (Å²) in [6, 6.07) is 7.64. The van der Waals surface area contributed by atoms with E-state index in [4.69, 9.17) is 10.5 Å². The Bertz CT molecular complexity index is 672. The van der Waals surface area contributed by atoms with Crippen molar-refractivity contribution < 1.29 is 4.74 Å². The van der Waals surface area contributed by atoms with Gasteiger partial charge in [-0.05, 0) is 24.3 Å². The van der Waals surface area contributed by atoms with Crippen molar-refractivity contribution in [2.24, 2.45) is 0 Å². The molecule has 0 saturated carbocycles. The van der Waals surface area contributed by atoms with Crippen LogP contribution in [0.1, 0.15) is 0 Å². The first-order valence-corrected chi connectivity index (χ1v) is 5.50. The van der Waals surface area contributed by atoms with Gasteiger partial charge in [0.25, 0.3) is 0 Å². The zero-order chi connectivity index (χ0) is 12.5. The Kier molecular flexibility index (Phi) is 2.37. The van der Waals surface area contributed by atoms with E-state index in [-0.39, 0.29) is 0 Å². The van der Waals surface area contributed by atoms with Crippen molar-refractivity contribution in [2.75, 3.05) is 12.8 Å². The summed E-state index contributed by atoms with van der Waals surface area (Å²) in [5, 5.41) is 0. The van der Waals surface area contributed by atoms with E-state index in [1.54, 1.807) is 13.3 Å². The van der Waals surface area contributed by atoms with Gasteiger partial charge < -0.3 is 15.5 Å². The number of ether oxygens (including phenoxy) is 1. The number of hydrogen-bond donors (Lipinski definition) is 2. The molecule has 5 nitrogen and oxygen atoms in total. The third-order valence-corrected chi connectivity index (χ3v) is 2.83. The van der Waals surface area contributed by atoms with E-state index in [1.165, 1.54) is 6.33 Å². The van der Waals surface area contributed by atoms with Crippen LogP contribution in [0.15, 0.2) is 36.8 Å². The predicted molar refractivity (Wildman–Crippen MR) is 70.3 cm³/mol. The minimum atomic E-state index is 0.611. The second-order valence-corrected chi connectivity index (χ2v) is 3.96. The average molecular weight is 240 g/mol. The molecule has 0 spiro atoms. The molecule has 2 aromatic heterocycles. The van der Waals surface area contributed by atoms with Gasteiger partial charge in [-0.1, -0.05) is 0 Å². The first-order valence-electron chi connectivity index (χ1n) is 5.50. The predicted octanol–water partition coefficient (Wildman–Crippen LogP) is 2.22. The summed E-state index contributed by atoms with van der Waals surface area (Å²) >= 11 is 0. The Morgan fingerprint density at radius 1 is 1.28 bits per heavy atom. The van der Waals surface area contributed by atoms with Gasteiger partial charge in [-0.15, -0.1) is 0 Å². The van der Waals surface area contributed by atoms with Crippen LogP contribution in [0.25, 0.3) is 22.3 Å². The monoisotopic (exact) mass is 240 g/mol. The number of anilines is 1. The molecule has 3 aromatic rings. The Morgan fingerprint density at radius 2 is 2.17 bits per heavy atom. The van der Waals surface area contributed by atoms with Gasteiger partial charge in [-0.3, -0.25) is 0 Å². The van der Waals surface area contributed by atoms with E-state index in [9.17, 15) is 0 Å². The molecule has 3 N–H and O–H groups in total. The van der Waals surface area contributed by atoms with E-state index >= 15 is 0 Å². The fourth-order valence-corrected chi connectivity index (χ4v) is 1.93. The maximum Gasteiger partial charge on any atom is 0.141 e. The highest BCUT2D eigenvalue weighted by Crippen LogP contribution is 2.29. The number of nitrogen functional groups attached to an aromatic ring is 1. The first-order chi connectivity index (χ1) is 8.78. The number of nitrogens with zero attached hydrogens (tertiary/aromatic N) is 2. The summed E-state index contributed by atoms with van der Waals surface area (Å²) in [4.78, 5) is 11.4. The molecule has 1 aromatic carbocycles. The van der Waals surface area contributed by atoms with E-state index in [0.29, 0.717) is 11.4 Å². The molecule has 18 heavy (non-hydrogen) atoms. The van der Waals surface area contributed by atoms with Crippen LogP contribution in [-0.4, -0.2) is 22.1 Å². The number of hydrogen-bond acceptors (Lipinski definition) is 4. The Labute approximate surface area is 104 Å². The standard InChI is InChI=1S/C13H12N4O/c1-18-13-3-2-8(4-9(13)14)10-5-11-12(17-10)6-15-7-16-11/h2-7,17H,14H2,1H3. The van der Waals surface area contributed by atoms with E-state index in [1.807, 2.05) is 24.3 Å². The summed E-state index contributed by atoms with van der Waals surface area (Å²) in [6.45, 7) is 0. The number of rotatable bonds is 2. The van der Waals surface area contributed by atoms with Gasteiger partial charge in [0.15, 0.2) is 0 Å². The Hall–Kier alpha value is -2.56. The molecule has 0 aliphatic heterocycles. The lowest BCUT2D eigenvalue weighted by atomic mass is 10.1. The van der Waals surface area contributed by atoms with Crippen LogP contribution in [-0.2, 0) is 0 Å². The van der Waals surface area contributed by atoms with Crippen LogP contribution < -0.4 is 10.5 Å². The van der Waals surface area contributed by atoms with Crippen molar-refractivity contribution in [1.82, 2.24) is 15.0 Å². The minimum absolute atomic E-state index is 0.611. The summed E-state index contributed by atoms with van der Waals surface area (Å²) in [5.41, 5.74) is 10.2. The number of nitrogens with one attached hydrogen (secondary N) is 1. The SMILES string of the molecule is COc1ccc(-c2cc3ncncc3[nH]2)cc1N. The van der Waals surface area contributed by atoms with Gasteiger partial charge in [0.1, 0.15) is 12.1 Å². The summed E-state index contributed by atoms with van der Waals surface area (Å²) in [6.07, 6.45) is 3.28. The first kappa shape index (κ1) is 10.6. The highest BCUT2D eigenvalue weighted by Gasteiger charge is 2.06. The number of H-pyrrole nitrogens is 1. The molecular weight excluding hydrogens is 228 g/mol. The lowest BCUT2D eigenvalue weighted by molar-refractivity contribution is 0.417. The molecule has 0 atom stereocenters. The smallest absolute Gasteiger partial charge is 0.141 e. The quantitative estimate of drug-likeness (QED) is 0.673. The van der Waals surface area contributed by atoms with Crippen LogP contribution in [0, 0.1) is 0 Å². The van der Waals surface area contributed by atoms with Crippen LogP contribution in [0.4, 0.5) is 5.69 Å². The summed E-state index contributed by atoms with van der Waals surface area (Å²) < 4.78 is 5.14. The average Bonchev–Trinajstić information content (AvgIpc) is 2.82. The third kappa shape index (κ3) is 1.66. The molecule has 0 unspecified atom stereocenters. The van der Waals surface area contributed by atoms with Crippen molar-refractivity contribution in [1.29, 1.82) is 0 Å². The van der Waals surface area contributed by atoms with Crippen molar-refractivity contribution in [3.05, 3.63) is 36.8 Å². The molecule has 2 heterocycles. The van der Waals surface area contributed by atoms with Crippen LogP contribution in [0.5, 0.6) is 5.75 Å². The largest absolute Gasteiger partial charge is 0.495 e. The van der Waals surface area contributed by atoms with Crippen molar-refractivity contribution >= 4 is 16.7 Å². The molecule has 3 rings (SSSR count). The van der Waals surface area contributed by atoms with E-state index < -0.39 is 0 Å². The Morgan fingerprint density at radius 3 is 2.89 bits per heavy atom. The van der Waals surface area contributed by atoms with Crippen molar-refractivity contribution in [3.63, 3.8) is 0 Å². The highest BCUT2D eigenvalue weighted by molar-refractivity contribution is 5.82. The lowest BCUT2D eigenvalue weighted by Gasteiger charge is -2.05. The summed E-state index contributed by atoms with van der Waals surface area (Å²) in [5.74, 6) is 0.676. The minimum Gasteiger partial charge on any atom is -0.495 e. The van der Waals surface area contributed by atoms with Crippen LogP contribution >= 0.6 is 0 Å². The van der Waals surface area contributed by atoms with E-state index in [2.05, 4.69) is 15.0 Å². The molecule has 0 fully saturated rings. The van der Waals surface area contributed by atoms with Crippen molar-refractivity contribution in [2.45, 2.75) is 0 Å². The molecule has 5 heteroatoms. The van der Waals surface area contributed by atoms with Crippen LogP contribution in [0.2, 0.25) is 0 Å². The van der Waals surface area contributed by atoms with Gasteiger partial charge >= 0.3 is 0 Å². The molecular formula is C13H12N4O. The van der Waals surface area contributed by atoms with Gasteiger partial charge in [0.2, 0.25) is 0 Å². The third-order valence-electron chi connectivity index (χ3n) is 2.83. The normalized spacial score (nSPS) is 10.7. The van der Waals surface area contributed by atoms with Crippen molar-refractivity contribution in [3.8, 4) is 17.0 Å². The van der Waals surface area contributed by atoms with Gasteiger partial charge in [0.05, 0.1) is 30.0 Å². The van der Waals surface area contributed by atoms with Gasteiger partial charge in [-0.2, -0.15) is 0 Å². The molecule has 0 aliphatic rings. The second kappa shape index (κ2) is 4.03. The fourth-order valence-electron chi connectivity index (χ4n) is 1.93. The molecule has 0 amide bonds. The molecule has 0 aliphatic carbocycles. The second-order valence-electron chi connectivity index (χ2n) is 3.96. The molecule has 0 saturated heterocycles. The number of aromatic amines is 1. The number of fused-ring (bicyclic) bond motifs is 1.